The molecule has 0 atom stereocenters. The number of anilines is 1. The molecule has 2 amide bonds. The van der Waals surface area contributed by atoms with Crippen molar-refractivity contribution < 1.29 is 9.59 Å². The molecule has 0 spiro atoms. The third-order valence-corrected chi connectivity index (χ3v) is 4.11. The fourth-order valence-electron chi connectivity index (χ4n) is 2.74. The van der Waals surface area contributed by atoms with Crippen LogP contribution in [0.25, 0.3) is 0 Å². The third kappa shape index (κ3) is 4.23. The van der Waals surface area contributed by atoms with E-state index >= 15 is 0 Å². The monoisotopic (exact) mass is 303 g/mol. The van der Waals surface area contributed by atoms with Crippen molar-refractivity contribution in [2.45, 2.75) is 27.2 Å². The van der Waals surface area contributed by atoms with Crippen molar-refractivity contribution in [3.05, 3.63) is 29.3 Å². The minimum absolute atomic E-state index is 0.0867. The Labute approximate surface area is 132 Å². The predicted molar refractivity (Wildman–Crippen MR) is 87.9 cm³/mol. The molecule has 1 aliphatic heterocycles. The zero-order valence-electron chi connectivity index (χ0n) is 13.7. The first-order valence-corrected chi connectivity index (χ1v) is 7.82. The lowest BCUT2D eigenvalue weighted by molar-refractivity contribution is -0.138. The highest BCUT2D eigenvalue weighted by Gasteiger charge is 2.21. The number of piperazine rings is 1. The van der Waals surface area contributed by atoms with Crippen LogP contribution in [-0.2, 0) is 9.59 Å². The lowest BCUT2D eigenvalue weighted by Crippen LogP contribution is -2.50. The van der Waals surface area contributed by atoms with Crippen LogP contribution in [0, 0.1) is 13.8 Å². The molecule has 0 aliphatic carbocycles. The number of carbonyl (C=O) groups is 2. The van der Waals surface area contributed by atoms with Crippen LogP contribution < -0.4 is 5.32 Å². The van der Waals surface area contributed by atoms with Gasteiger partial charge in [-0.15, -0.1) is 0 Å². The van der Waals surface area contributed by atoms with Crippen LogP contribution in [0.15, 0.2) is 18.2 Å². The lowest BCUT2D eigenvalue weighted by Gasteiger charge is -2.34. The van der Waals surface area contributed by atoms with Crippen LogP contribution in [-0.4, -0.2) is 54.3 Å². The van der Waals surface area contributed by atoms with E-state index in [-0.39, 0.29) is 11.8 Å². The third-order valence-electron chi connectivity index (χ3n) is 4.11. The number of carbonyl (C=O) groups excluding carboxylic acids is 2. The topological polar surface area (TPSA) is 52.7 Å². The fourth-order valence-corrected chi connectivity index (χ4v) is 2.74. The molecule has 2 rings (SSSR count). The maximum atomic E-state index is 12.2. The van der Waals surface area contributed by atoms with E-state index in [2.05, 4.69) is 37.4 Å². The Hall–Kier alpha value is -2.04. The first-order chi connectivity index (χ1) is 10.5. The van der Waals surface area contributed by atoms with E-state index in [1.54, 1.807) is 11.8 Å². The molecule has 1 aromatic rings. The minimum atomic E-state index is 0.0867. The highest BCUT2D eigenvalue weighted by Crippen LogP contribution is 2.16. The van der Waals surface area contributed by atoms with Crippen molar-refractivity contribution in [1.82, 2.24) is 9.80 Å². The Morgan fingerprint density at radius 1 is 1.09 bits per heavy atom. The maximum absolute atomic E-state index is 12.2. The van der Waals surface area contributed by atoms with Gasteiger partial charge in [0.25, 0.3) is 0 Å². The van der Waals surface area contributed by atoms with Crippen LogP contribution >= 0.6 is 0 Å². The second-order valence-electron chi connectivity index (χ2n) is 5.88. The largest absolute Gasteiger partial charge is 0.384 e. The van der Waals surface area contributed by atoms with Gasteiger partial charge in [0, 0.05) is 51.8 Å². The van der Waals surface area contributed by atoms with Crippen molar-refractivity contribution in [3.8, 4) is 0 Å². The van der Waals surface area contributed by atoms with Gasteiger partial charge in [0.1, 0.15) is 0 Å². The average Bonchev–Trinajstić information content (AvgIpc) is 2.49. The quantitative estimate of drug-likeness (QED) is 0.923. The van der Waals surface area contributed by atoms with Crippen molar-refractivity contribution in [2.24, 2.45) is 0 Å². The van der Waals surface area contributed by atoms with Crippen molar-refractivity contribution in [1.29, 1.82) is 0 Å². The normalized spacial score (nSPS) is 14.9. The van der Waals surface area contributed by atoms with Gasteiger partial charge >= 0.3 is 0 Å². The number of hydrogen-bond acceptors (Lipinski definition) is 3. The molecule has 0 bridgehead atoms. The summed E-state index contributed by atoms with van der Waals surface area (Å²) in [5, 5.41) is 3.33. The van der Waals surface area contributed by atoms with Gasteiger partial charge in [-0.05, 0) is 25.5 Å². The highest BCUT2D eigenvalue weighted by atomic mass is 16.2. The molecule has 22 heavy (non-hydrogen) atoms. The van der Waals surface area contributed by atoms with Crippen LogP contribution in [0.4, 0.5) is 5.69 Å². The SMILES string of the molecule is CC(=O)N1CCN(C(=O)CCNc2ccc(C)cc2C)CC1. The summed E-state index contributed by atoms with van der Waals surface area (Å²) in [5.74, 6) is 0.240. The molecule has 1 aromatic carbocycles. The van der Waals surface area contributed by atoms with Gasteiger partial charge in [-0.25, -0.2) is 0 Å². The van der Waals surface area contributed by atoms with Crippen LogP contribution in [0.3, 0.4) is 0 Å². The minimum Gasteiger partial charge on any atom is -0.384 e. The number of amides is 2. The predicted octanol–water partition coefficient (Wildman–Crippen LogP) is 1.80. The number of benzene rings is 1. The van der Waals surface area contributed by atoms with E-state index in [0.717, 1.165) is 5.69 Å². The molecule has 1 fully saturated rings. The lowest BCUT2D eigenvalue weighted by atomic mass is 10.1. The van der Waals surface area contributed by atoms with Gasteiger partial charge in [0.2, 0.25) is 11.8 Å². The molecule has 120 valence electrons. The van der Waals surface area contributed by atoms with Gasteiger partial charge in [0.05, 0.1) is 0 Å². The summed E-state index contributed by atoms with van der Waals surface area (Å²) >= 11 is 0. The Bertz CT molecular complexity index is 549. The van der Waals surface area contributed by atoms with Gasteiger partial charge in [-0.1, -0.05) is 17.7 Å². The number of rotatable bonds is 4. The summed E-state index contributed by atoms with van der Waals surface area (Å²) in [6.07, 6.45) is 0.480. The highest BCUT2D eigenvalue weighted by molar-refractivity contribution is 5.78. The first kappa shape index (κ1) is 16.3. The summed E-state index contributed by atoms with van der Waals surface area (Å²) in [6, 6.07) is 6.25. The van der Waals surface area contributed by atoms with E-state index in [9.17, 15) is 9.59 Å². The molecule has 0 aromatic heterocycles. The molecule has 1 N–H and O–H groups in total. The number of nitrogens with one attached hydrogen (secondary N) is 1. The van der Waals surface area contributed by atoms with Crippen LogP contribution in [0.5, 0.6) is 0 Å². The van der Waals surface area contributed by atoms with Crippen molar-refractivity contribution in [2.75, 3.05) is 38.0 Å². The molecular weight excluding hydrogens is 278 g/mol. The van der Waals surface area contributed by atoms with E-state index in [4.69, 9.17) is 0 Å². The molecule has 0 unspecified atom stereocenters. The molecule has 1 heterocycles. The Morgan fingerprint density at radius 3 is 2.32 bits per heavy atom. The molecule has 0 saturated carbocycles. The van der Waals surface area contributed by atoms with Gasteiger partial charge in [-0.2, -0.15) is 0 Å². The summed E-state index contributed by atoms with van der Waals surface area (Å²) in [5.41, 5.74) is 3.52. The zero-order chi connectivity index (χ0) is 16.1. The maximum Gasteiger partial charge on any atom is 0.224 e. The van der Waals surface area contributed by atoms with E-state index in [1.165, 1.54) is 11.1 Å². The van der Waals surface area contributed by atoms with E-state index in [0.29, 0.717) is 39.1 Å². The smallest absolute Gasteiger partial charge is 0.224 e. The fraction of sp³-hybridized carbons (Fsp3) is 0.529. The van der Waals surface area contributed by atoms with Gasteiger partial charge < -0.3 is 15.1 Å². The van der Waals surface area contributed by atoms with Gasteiger partial charge in [0.15, 0.2) is 0 Å². The average molecular weight is 303 g/mol. The Balaban J connectivity index is 1.75. The molecular formula is C17H25N3O2. The first-order valence-electron chi connectivity index (χ1n) is 7.82. The Kier molecular flexibility index (Phi) is 5.41. The number of hydrogen-bond donors (Lipinski definition) is 1. The summed E-state index contributed by atoms with van der Waals surface area (Å²) in [4.78, 5) is 27.1. The van der Waals surface area contributed by atoms with Crippen molar-refractivity contribution >= 4 is 17.5 Å². The van der Waals surface area contributed by atoms with Crippen molar-refractivity contribution in [3.63, 3.8) is 0 Å². The molecule has 5 nitrogen and oxygen atoms in total. The summed E-state index contributed by atoms with van der Waals surface area (Å²) in [7, 11) is 0. The Morgan fingerprint density at radius 2 is 1.73 bits per heavy atom. The molecule has 1 saturated heterocycles. The number of nitrogens with zero attached hydrogens (tertiary/aromatic N) is 2. The molecule has 0 radical (unpaired) electrons. The zero-order valence-corrected chi connectivity index (χ0v) is 13.7. The van der Waals surface area contributed by atoms with Crippen LogP contribution in [0.1, 0.15) is 24.5 Å². The van der Waals surface area contributed by atoms with E-state index in [1.807, 2.05) is 4.90 Å². The van der Waals surface area contributed by atoms with E-state index < -0.39 is 0 Å². The second kappa shape index (κ2) is 7.29. The standard InChI is InChI=1S/C17H25N3O2/c1-13-4-5-16(14(2)12-13)18-7-6-17(22)20-10-8-19(9-11-20)15(3)21/h4-5,12,18H,6-11H2,1-3H3. The number of aryl methyl sites for hydroxylation is 2. The molecule has 1 aliphatic rings. The van der Waals surface area contributed by atoms with Gasteiger partial charge in [-0.3, -0.25) is 9.59 Å². The second-order valence-corrected chi connectivity index (χ2v) is 5.88. The molecule has 5 heteroatoms. The summed E-state index contributed by atoms with van der Waals surface area (Å²) in [6.45, 7) is 8.92. The summed E-state index contributed by atoms with van der Waals surface area (Å²) < 4.78 is 0. The van der Waals surface area contributed by atoms with Crippen LogP contribution in [0.2, 0.25) is 0 Å².